The number of aromatic amines is 1. The molecule has 1 heterocycles. The molecular weight excluding hydrogens is 354 g/mol. The van der Waals surface area contributed by atoms with E-state index >= 15 is 0 Å². The summed E-state index contributed by atoms with van der Waals surface area (Å²) < 4.78 is 28.1. The molecule has 0 aliphatic rings. The van der Waals surface area contributed by atoms with Crippen molar-refractivity contribution in [3.8, 4) is 0 Å². The Balaban J connectivity index is 2.22. The van der Waals surface area contributed by atoms with Crippen LogP contribution < -0.4 is 10.0 Å². The zero-order valence-electron chi connectivity index (χ0n) is 11.9. The van der Waals surface area contributed by atoms with Gasteiger partial charge in [0.2, 0.25) is 0 Å². The fourth-order valence-corrected chi connectivity index (χ4v) is 3.42. The number of nitrogens with one attached hydrogen (secondary N) is 3. The van der Waals surface area contributed by atoms with Gasteiger partial charge in [-0.15, -0.1) is 0 Å². The number of anilines is 1. The van der Waals surface area contributed by atoms with Gasteiger partial charge in [-0.25, -0.2) is 8.42 Å². The number of benzene rings is 1. The van der Waals surface area contributed by atoms with Crippen molar-refractivity contribution in [1.82, 2.24) is 10.3 Å². The van der Waals surface area contributed by atoms with E-state index in [-0.39, 0.29) is 4.90 Å². The Hall–Kier alpha value is -1.31. The highest BCUT2D eigenvalue weighted by molar-refractivity contribution is 9.10. The largest absolute Gasteiger partial charge is 0.363 e. The molecule has 7 heteroatoms. The van der Waals surface area contributed by atoms with Crippen LogP contribution in [0.2, 0.25) is 0 Å². The number of rotatable bonds is 6. The monoisotopic (exact) mass is 371 g/mol. The van der Waals surface area contributed by atoms with Crippen LogP contribution in [0.25, 0.3) is 0 Å². The first-order chi connectivity index (χ1) is 9.92. The Morgan fingerprint density at radius 3 is 2.76 bits per heavy atom. The smallest absolute Gasteiger partial charge is 0.263 e. The summed E-state index contributed by atoms with van der Waals surface area (Å²) in [5.74, 6) is 0. The lowest BCUT2D eigenvalue weighted by atomic mass is 10.2. The molecule has 2 aromatic rings. The van der Waals surface area contributed by atoms with Gasteiger partial charge in [0, 0.05) is 22.9 Å². The average molecular weight is 372 g/mol. The molecule has 0 saturated heterocycles. The highest BCUT2D eigenvalue weighted by Crippen LogP contribution is 2.26. The fraction of sp³-hybridized carbons (Fsp3) is 0.286. The van der Waals surface area contributed by atoms with Gasteiger partial charge in [-0.1, -0.05) is 13.0 Å². The van der Waals surface area contributed by atoms with Crippen LogP contribution in [0.15, 0.2) is 39.8 Å². The van der Waals surface area contributed by atoms with Crippen molar-refractivity contribution in [3.63, 3.8) is 0 Å². The molecule has 1 aromatic heterocycles. The minimum atomic E-state index is -3.60. The lowest BCUT2D eigenvalue weighted by Crippen LogP contribution is -2.13. The van der Waals surface area contributed by atoms with E-state index in [1.165, 1.54) is 6.20 Å². The Labute approximate surface area is 133 Å². The number of halogens is 1. The molecule has 0 spiro atoms. The average Bonchev–Trinajstić information content (AvgIpc) is 2.90. The highest BCUT2D eigenvalue weighted by Gasteiger charge is 2.17. The molecule has 0 unspecified atom stereocenters. The SMILES string of the molecule is CCNCc1cc(S(=O)(=O)Nc2cc(C)ccc2Br)c[nH]1. The van der Waals surface area contributed by atoms with Gasteiger partial charge in [-0.2, -0.15) is 0 Å². The van der Waals surface area contributed by atoms with E-state index in [4.69, 9.17) is 0 Å². The van der Waals surface area contributed by atoms with E-state index in [0.29, 0.717) is 16.7 Å². The molecule has 0 aliphatic carbocycles. The standard InChI is InChI=1S/C14H18BrN3O2S/c1-3-16-8-11-7-12(9-17-11)21(19,20)18-14-6-10(2)4-5-13(14)15/h4-7,9,16-18H,3,8H2,1-2H3. The van der Waals surface area contributed by atoms with Gasteiger partial charge in [0.1, 0.15) is 4.90 Å². The minimum absolute atomic E-state index is 0.226. The fourth-order valence-electron chi connectivity index (χ4n) is 1.86. The Morgan fingerprint density at radius 2 is 2.05 bits per heavy atom. The summed E-state index contributed by atoms with van der Waals surface area (Å²) in [5.41, 5.74) is 2.35. The van der Waals surface area contributed by atoms with E-state index in [1.807, 2.05) is 26.0 Å². The molecule has 0 saturated carbocycles. The number of aromatic nitrogens is 1. The van der Waals surface area contributed by atoms with E-state index in [0.717, 1.165) is 17.8 Å². The summed E-state index contributed by atoms with van der Waals surface area (Å²) in [6.45, 7) is 5.35. The first-order valence-corrected chi connectivity index (χ1v) is 8.87. The van der Waals surface area contributed by atoms with Crippen LogP contribution in [-0.2, 0) is 16.6 Å². The van der Waals surface area contributed by atoms with Gasteiger partial charge in [-0.3, -0.25) is 4.72 Å². The van der Waals surface area contributed by atoms with Crippen molar-refractivity contribution in [2.24, 2.45) is 0 Å². The van der Waals surface area contributed by atoms with Gasteiger partial charge < -0.3 is 10.3 Å². The van der Waals surface area contributed by atoms with Crippen molar-refractivity contribution in [1.29, 1.82) is 0 Å². The summed E-state index contributed by atoms with van der Waals surface area (Å²) >= 11 is 3.35. The molecule has 0 amide bonds. The Morgan fingerprint density at radius 1 is 1.29 bits per heavy atom. The summed E-state index contributed by atoms with van der Waals surface area (Å²) in [6.07, 6.45) is 1.50. The van der Waals surface area contributed by atoms with Crippen LogP contribution in [0.3, 0.4) is 0 Å². The zero-order valence-corrected chi connectivity index (χ0v) is 14.3. The summed E-state index contributed by atoms with van der Waals surface area (Å²) in [6, 6.07) is 7.15. The second kappa shape index (κ2) is 6.64. The first-order valence-electron chi connectivity index (χ1n) is 6.59. The van der Waals surface area contributed by atoms with Crippen LogP contribution in [-0.4, -0.2) is 19.9 Å². The van der Waals surface area contributed by atoms with Crippen molar-refractivity contribution < 1.29 is 8.42 Å². The zero-order chi connectivity index (χ0) is 15.5. The molecule has 5 nitrogen and oxygen atoms in total. The van der Waals surface area contributed by atoms with Crippen LogP contribution in [0.4, 0.5) is 5.69 Å². The van der Waals surface area contributed by atoms with Crippen molar-refractivity contribution >= 4 is 31.6 Å². The van der Waals surface area contributed by atoms with Gasteiger partial charge >= 0.3 is 0 Å². The minimum Gasteiger partial charge on any atom is -0.363 e. The molecular formula is C14H18BrN3O2S. The predicted octanol–water partition coefficient (Wildman–Crippen LogP) is 3.00. The normalized spacial score (nSPS) is 11.6. The third-order valence-electron chi connectivity index (χ3n) is 2.96. The maximum atomic E-state index is 12.4. The molecule has 0 aliphatic heterocycles. The maximum absolute atomic E-state index is 12.4. The summed E-state index contributed by atoms with van der Waals surface area (Å²) in [7, 11) is -3.60. The molecule has 3 N–H and O–H groups in total. The Bertz CT molecular complexity index is 726. The number of hydrogen-bond acceptors (Lipinski definition) is 3. The molecule has 114 valence electrons. The van der Waals surface area contributed by atoms with Gasteiger partial charge in [0.25, 0.3) is 10.0 Å². The molecule has 0 atom stereocenters. The quantitative estimate of drug-likeness (QED) is 0.730. The third kappa shape index (κ3) is 4.09. The molecule has 0 radical (unpaired) electrons. The number of sulfonamides is 1. The van der Waals surface area contributed by atoms with E-state index in [1.54, 1.807) is 12.1 Å². The second-order valence-electron chi connectivity index (χ2n) is 4.73. The van der Waals surface area contributed by atoms with Gasteiger partial charge in [0.15, 0.2) is 0 Å². The van der Waals surface area contributed by atoms with Crippen molar-refractivity contribution in [3.05, 3.63) is 46.2 Å². The van der Waals surface area contributed by atoms with E-state index in [2.05, 4.69) is 31.0 Å². The van der Waals surface area contributed by atoms with Crippen LogP contribution in [0.5, 0.6) is 0 Å². The summed E-state index contributed by atoms with van der Waals surface area (Å²) in [4.78, 5) is 3.19. The molecule has 2 rings (SSSR count). The molecule has 0 fully saturated rings. The number of hydrogen-bond donors (Lipinski definition) is 3. The van der Waals surface area contributed by atoms with Crippen LogP contribution in [0.1, 0.15) is 18.2 Å². The van der Waals surface area contributed by atoms with Crippen molar-refractivity contribution in [2.75, 3.05) is 11.3 Å². The lowest BCUT2D eigenvalue weighted by Gasteiger charge is -2.09. The van der Waals surface area contributed by atoms with Crippen molar-refractivity contribution in [2.45, 2.75) is 25.3 Å². The van der Waals surface area contributed by atoms with Crippen LogP contribution >= 0.6 is 15.9 Å². The second-order valence-corrected chi connectivity index (χ2v) is 7.27. The summed E-state index contributed by atoms with van der Waals surface area (Å²) in [5, 5.41) is 3.14. The molecule has 0 bridgehead atoms. The number of aryl methyl sites for hydroxylation is 1. The Kier molecular flexibility index (Phi) is 5.08. The lowest BCUT2D eigenvalue weighted by molar-refractivity contribution is 0.601. The highest BCUT2D eigenvalue weighted by atomic mass is 79.9. The van der Waals surface area contributed by atoms with Gasteiger partial charge in [0.05, 0.1) is 5.69 Å². The molecule has 21 heavy (non-hydrogen) atoms. The first kappa shape index (κ1) is 16.1. The third-order valence-corrected chi connectivity index (χ3v) is 4.99. The number of H-pyrrole nitrogens is 1. The topological polar surface area (TPSA) is 74.0 Å². The molecule has 1 aromatic carbocycles. The predicted molar refractivity (Wildman–Crippen MR) is 87.9 cm³/mol. The van der Waals surface area contributed by atoms with Crippen LogP contribution in [0, 0.1) is 6.92 Å². The van der Waals surface area contributed by atoms with E-state index in [9.17, 15) is 8.42 Å². The van der Waals surface area contributed by atoms with Gasteiger partial charge in [-0.05, 0) is 53.2 Å². The maximum Gasteiger partial charge on any atom is 0.263 e. The van der Waals surface area contributed by atoms with E-state index < -0.39 is 10.0 Å².